The third-order valence-electron chi connectivity index (χ3n) is 2.34. The Labute approximate surface area is 81.3 Å². The third-order valence-corrected chi connectivity index (χ3v) is 2.34. The number of benzene rings is 1. The van der Waals surface area contributed by atoms with Gasteiger partial charge in [0.15, 0.2) is 0 Å². The van der Waals surface area contributed by atoms with Crippen molar-refractivity contribution in [2.75, 3.05) is 5.43 Å². The van der Waals surface area contributed by atoms with Crippen LogP contribution >= 0.6 is 0 Å². The van der Waals surface area contributed by atoms with Crippen LogP contribution in [0.25, 0.3) is 10.9 Å². The Hall–Kier alpha value is -1.65. The molecular weight excluding hydrogens is 176 g/mol. The first kappa shape index (κ1) is 7.73. The molecule has 0 atom stereocenters. The first-order chi connectivity index (χ1) is 6.93. The SMILES string of the molecule is c1ccc2nc3c(cc2c1)NNNC3. The van der Waals surface area contributed by atoms with Crippen molar-refractivity contribution in [3.8, 4) is 0 Å². The lowest BCUT2D eigenvalue weighted by Crippen LogP contribution is -2.40. The van der Waals surface area contributed by atoms with E-state index in [1.807, 2.05) is 18.2 Å². The van der Waals surface area contributed by atoms with Crippen LogP contribution in [-0.2, 0) is 6.54 Å². The molecule has 0 unspecified atom stereocenters. The standard InChI is InChI=1S/C10H10N4/c1-2-4-8-7(3-1)5-9-10(12-8)6-11-14-13-9/h1-5,11,13-14H,6H2. The Morgan fingerprint density at radius 3 is 3.14 bits per heavy atom. The number of rotatable bonds is 0. The molecule has 70 valence electrons. The minimum absolute atomic E-state index is 0.743. The van der Waals surface area contributed by atoms with Crippen LogP contribution in [0, 0.1) is 0 Å². The quantitative estimate of drug-likeness (QED) is 0.578. The van der Waals surface area contributed by atoms with Gasteiger partial charge < -0.3 is 5.43 Å². The summed E-state index contributed by atoms with van der Waals surface area (Å²) in [5, 5.41) is 1.16. The van der Waals surface area contributed by atoms with Crippen molar-refractivity contribution in [3.63, 3.8) is 0 Å². The van der Waals surface area contributed by atoms with Gasteiger partial charge in [0, 0.05) is 5.39 Å². The molecule has 0 radical (unpaired) electrons. The molecule has 0 bridgehead atoms. The van der Waals surface area contributed by atoms with Gasteiger partial charge in [0.05, 0.1) is 23.4 Å². The molecule has 1 aromatic heterocycles. The van der Waals surface area contributed by atoms with Crippen molar-refractivity contribution in [2.24, 2.45) is 0 Å². The van der Waals surface area contributed by atoms with Gasteiger partial charge in [0.25, 0.3) is 0 Å². The van der Waals surface area contributed by atoms with E-state index in [1.165, 1.54) is 0 Å². The van der Waals surface area contributed by atoms with Gasteiger partial charge in [-0.25, -0.2) is 10.4 Å². The fourth-order valence-electron chi connectivity index (χ4n) is 1.64. The van der Waals surface area contributed by atoms with Gasteiger partial charge in [-0.2, -0.15) is 5.53 Å². The van der Waals surface area contributed by atoms with Crippen LogP contribution in [0.15, 0.2) is 30.3 Å². The lowest BCUT2D eigenvalue weighted by atomic mass is 10.1. The monoisotopic (exact) mass is 186 g/mol. The lowest BCUT2D eigenvalue weighted by molar-refractivity contribution is 0.559. The van der Waals surface area contributed by atoms with Crippen LogP contribution in [0.2, 0.25) is 0 Å². The minimum atomic E-state index is 0.743. The first-order valence-corrected chi connectivity index (χ1v) is 4.56. The van der Waals surface area contributed by atoms with E-state index in [2.05, 4.69) is 33.5 Å². The maximum Gasteiger partial charge on any atom is 0.0808 e. The zero-order valence-corrected chi connectivity index (χ0v) is 7.54. The Morgan fingerprint density at radius 2 is 2.14 bits per heavy atom. The maximum absolute atomic E-state index is 4.55. The minimum Gasteiger partial charge on any atom is -0.306 e. The van der Waals surface area contributed by atoms with Gasteiger partial charge in [-0.15, -0.1) is 0 Å². The number of aromatic nitrogens is 1. The van der Waals surface area contributed by atoms with Crippen LogP contribution in [0.1, 0.15) is 5.69 Å². The number of hydrogen-bond donors (Lipinski definition) is 3. The van der Waals surface area contributed by atoms with Gasteiger partial charge in [-0.3, -0.25) is 0 Å². The highest BCUT2D eigenvalue weighted by molar-refractivity contribution is 5.82. The molecule has 2 heterocycles. The van der Waals surface area contributed by atoms with Crippen LogP contribution in [0.3, 0.4) is 0 Å². The Morgan fingerprint density at radius 1 is 1.21 bits per heavy atom. The van der Waals surface area contributed by atoms with Crippen LogP contribution in [0.4, 0.5) is 5.69 Å². The number of hydrogen-bond acceptors (Lipinski definition) is 4. The zero-order valence-electron chi connectivity index (χ0n) is 7.54. The van der Waals surface area contributed by atoms with Crippen molar-refractivity contribution in [1.82, 2.24) is 15.9 Å². The van der Waals surface area contributed by atoms with E-state index < -0.39 is 0 Å². The molecule has 4 nitrogen and oxygen atoms in total. The van der Waals surface area contributed by atoms with Gasteiger partial charge in [0.2, 0.25) is 0 Å². The average Bonchev–Trinajstić information content (AvgIpc) is 2.26. The third kappa shape index (κ3) is 1.13. The number of hydrazine groups is 2. The van der Waals surface area contributed by atoms with Crippen molar-refractivity contribution in [3.05, 3.63) is 36.0 Å². The molecule has 0 spiro atoms. The summed E-state index contributed by atoms with van der Waals surface area (Å²) in [7, 11) is 0. The summed E-state index contributed by atoms with van der Waals surface area (Å²) < 4.78 is 0. The summed E-state index contributed by atoms with van der Waals surface area (Å²) in [5.41, 5.74) is 12.0. The molecule has 3 N–H and O–H groups in total. The van der Waals surface area contributed by atoms with Crippen molar-refractivity contribution in [2.45, 2.75) is 6.54 Å². The molecule has 3 rings (SSSR count). The highest BCUT2D eigenvalue weighted by Crippen LogP contribution is 2.21. The number of nitrogens with zero attached hydrogens (tertiary/aromatic N) is 1. The number of anilines is 1. The highest BCUT2D eigenvalue weighted by Gasteiger charge is 2.09. The van der Waals surface area contributed by atoms with E-state index in [0.717, 1.165) is 28.8 Å². The van der Waals surface area contributed by atoms with E-state index in [1.54, 1.807) is 0 Å². The summed E-state index contributed by atoms with van der Waals surface area (Å²) in [6.45, 7) is 0.743. The van der Waals surface area contributed by atoms with Gasteiger partial charge in [0.1, 0.15) is 0 Å². The van der Waals surface area contributed by atoms with Gasteiger partial charge in [-0.1, -0.05) is 18.2 Å². The van der Waals surface area contributed by atoms with Crippen LogP contribution in [-0.4, -0.2) is 4.98 Å². The van der Waals surface area contributed by atoms with Crippen molar-refractivity contribution in [1.29, 1.82) is 0 Å². The fraction of sp³-hybridized carbons (Fsp3) is 0.100. The summed E-state index contributed by atoms with van der Waals surface area (Å²) >= 11 is 0. The predicted octanol–water partition coefficient (Wildman–Crippen LogP) is 1.17. The second kappa shape index (κ2) is 2.94. The molecule has 0 amide bonds. The van der Waals surface area contributed by atoms with Crippen molar-refractivity contribution < 1.29 is 0 Å². The van der Waals surface area contributed by atoms with Gasteiger partial charge >= 0.3 is 0 Å². The summed E-state index contributed by atoms with van der Waals surface area (Å²) in [6.07, 6.45) is 0. The Bertz CT molecular complexity index is 436. The molecule has 0 saturated heterocycles. The second-order valence-electron chi connectivity index (χ2n) is 3.28. The smallest absolute Gasteiger partial charge is 0.0808 e. The molecule has 0 fully saturated rings. The summed E-state index contributed by atoms with van der Waals surface area (Å²) in [5.74, 6) is 0. The number of para-hydroxylation sites is 1. The predicted molar refractivity (Wildman–Crippen MR) is 55.3 cm³/mol. The maximum atomic E-state index is 4.55. The molecule has 2 aromatic rings. The lowest BCUT2D eigenvalue weighted by Gasteiger charge is -2.19. The topological polar surface area (TPSA) is 49.0 Å². The average molecular weight is 186 g/mol. The Kier molecular flexibility index (Phi) is 1.62. The molecule has 1 aliphatic rings. The molecule has 0 saturated carbocycles. The van der Waals surface area contributed by atoms with E-state index in [4.69, 9.17) is 0 Å². The largest absolute Gasteiger partial charge is 0.306 e. The molecule has 14 heavy (non-hydrogen) atoms. The number of nitrogens with one attached hydrogen (secondary N) is 3. The van der Waals surface area contributed by atoms with Crippen LogP contribution in [0.5, 0.6) is 0 Å². The first-order valence-electron chi connectivity index (χ1n) is 4.56. The second-order valence-corrected chi connectivity index (χ2v) is 3.28. The van der Waals surface area contributed by atoms with Gasteiger partial charge in [-0.05, 0) is 12.1 Å². The molecular formula is C10H10N4. The number of pyridine rings is 1. The highest BCUT2D eigenvalue weighted by atomic mass is 15.6. The van der Waals surface area contributed by atoms with E-state index >= 15 is 0 Å². The fourth-order valence-corrected chi connectivity index (χ4v) is 1.64. The van der Waals surface area contributed by atoms with Crippen LogP contribution < -0.4 is 16.4 Å². The molecule has 4 heteroatoms. The van der Waals surface area contributed by atoms with E-state index in [9.17, 15) is 0 Å². The van der Waals surface area contributed by atoms with E-state index in [0.29, 0.717) is 0 Å². The molecule has 0 aliphatic carbocycles. The zero-order chi connectivity index (χ0) is 9.38. The van der Waals surface area contributed by atoms with Crippen molar-refractivity contribution >= 4 is 16.6 Å². The molecule has 1 aromatic carbocycles. The molecule has 1 aliphatic heterocycles. The summed E-state index contributed by atoms with van der Waals surface area (Å²) in [6, 6.07) is 10.2. The van der Waals surface area contributed by atoms with E-state index in [-0.39, 0.29) is 0 Å². The number of fused-ring (bicyclic) bond motifs is 2. The summed E-state index contributed by atoms with van der Waals surface area (Å²) in [4.78, 5) is 4.55. The normalized spacial score (nSPS) is 14.9. The Balaban J connectivity index is 2.27.